The number of furan rings is 1. The van der Waals surface area contributed by atoms with Crippen molar-refractivity contribution >= 4 is 29.4 Å². The van der Waals surface area contributed by atoms with Gasteiger partial charge in [0.25, 0.3) is 17.7 Å². The third-order valence-electron chi connectivity index (χ3n) is 5.73. The highest BCUT2D eigenvalue weighted by molar-refractivity contribution is 6.08. The lowest BCUT2D eigenvalue weighted by Crippen LogP contribution is -2.52. The van der Waals surface area contributed by atoms with Crippen molar-refractivity contribution < 1.29 is 28.3 Å². The Bertz CT molecular complexity index is 1030. The Kier molecular flexibility index (Phi) is 5.85. The van der Waals surface area contributed by atoms with E-state index < -0.39 is 35.9 Å². The summed E-state index contributed by atoms with van der Waals surface area (Å²) in [5.41, 5.74) is 1.84. The summed E-state index contributed by atoms with van der Waals surface area (Å²) >= 11 is 0. The van der Waals surface area contributed by atoms with Crippen molar-refractivity contribution in [1.82, 2.24) is 15.8 Å². The molecule has 0 unspecified atom stereocenters. The molecule has 1 aromatic carbocycles. The molecular weight excluding hydrogens is 416 g/mol. The summed E-state index contributed by atoms with van der Waals surface area (Å²) in [6.45, 7) is 1.69. The molecule has 10 heteroatoms. The van der Waals surface area contributed by atoms with E-state index in [9.17, 15) is 19.2 Å². The van der Waals surface area contributed by atoms with Crippen LogP contribution in [0.5, 0.6) is 5.75 Å². The van der Waals surface area contributed by atoms with Crippen LogP contribution in [0.15, 0.2) is 47.1 Å². The maximum Gasteiger partial charge on any atom is 0.344 e. The van der Waals surface area contributed by atoms with E-state index in [1.54, 1.807) is 30.3 Å². The van der Waals surface area contributed by atoms with Gasteiger partial charge in [0.15, 0.2) is 12.4 Å². The van der Waals surface area contributed by atoms with Crippen LogP contribution in [-0.4, -0.2) is 40.9 Å². The predicted octanol–water partition coefficient (Wildman–Crippen LogP) is 2.44. The predicted molar refractivity (Wildman–Crippen MR) is 112 cm³/mol. The van der Waals surface area contributed by atoms with E-state index in [1.807, 2.05) is 0 Å². The lowest BCUT2D eigenvalue weighted by atomic mass is 9.77. The van der Waals surface area contributed by atoms with Crippen molar-refractivity contribution in [3.8, 4) is 5.75 Å². The Morgan fingerprint density at radius 1 is 1.22 bits per heavy atom. The Morgan fingerprint density at radius 3 is 2.72 bits per heavy atom. The number of nitrogens with one attached hydrogen (secondary N) is 3. The number of imide groups is 1. The maximum atomic E-state index is 12.8. The van der Waals surface area contributed by atoms with Gasteiger partial charge in [0, 0.05) is 11.8 Å². The van der Waals surface area contributed by atoms with Crippen LogP contribution in [0.2, 0.25) is 0 Å². The van der Waals surface area contributed by atoms with Crippen molar-refractivity contribution in [3.63, 3.8) is 0 Å². The van der Waals surface area contributed by atoms with Crippen LogP contribution in [-0.2, 0) is 9.59 Å². The fraction of sp³-hybridized carbons (Fsp3) is 0.364. The van der Waals surface area contributed by atoms with Crippen LogP contribution in [0.4, 0.5) is 10.5 Å². The molecule has 32 heavy (non-hydrogen) atoms. The number of carbonyl (C=O) groups excluding carboxylic acids is 4. The van der Waals surface area contributed by atoms with Crippen molar-refractivity contribution in [2.75, 3.05) is 11.9 Å². The highest BCUT2D eigenvalue weighted by Crippen LogP contribution is 2.35. The number of anilines is 1. The third-order valence-corrected chi connectivity index (χ3v) is 5.73. The van der Waals surface area contributed by atoms with Crippen LogP contribution in [0.1, 0.15) is 43.2 Å². The number of ether oxygens (including phenoxy) is 1. The van der Waals surface area contributed by atoms with E-state index in [2.05, 4.69) is 23.0 Å². The zero-order chi connectivity index (χ0) is 22.7. The van der Waals surface area contributed by atoms with Crippen LogP contribution < -0.4 is 20.8 Å². The largest absolute Gasteiger partial charge is 0.484 e. The SMILES string of the molecule is CC1CCC2(CC1)NC(=O)N(NC(=O)COc1cccc(NC(=O)c3ccco3)c1)C2=O. The van der Waals surface area contributed by atoms with Gasteiger partial charge in [-0.15, -0.1) is 0 Å². The molecule has 1 aromatic heterocycles. The molecule has 0 bridgehead atoms. The van der Waals surface area contributed by atoms with Crippen LogP contribution in [0.3, 0.4) is 0 Å². The average molecular weight is 440 g/mol. The molecule has 2 fully saturated rings. The summed E-state index contributed by atoms with van der Waals surface area (Å²) in [5, 5.41) is 6.14. The molecule has 0 radical (unpaired) electrons. The number of benzene rings is 1. The molecule has 4 rings (SSSR count). The molecule has 2 heterocycles. The molecule has 10 nitrogen and oxygen atoms in total. The van der Waals surface area contributed by atoms with E-state index in [0.29, 0.717) is 30.2 Å². The minimum atomic E-state index is -0.932. The first-order chi connectivity index (χ1) is 15.4. The summed E-state index contributed by atoms with van der Waals surface area (Å²) in [6.07, 6.45) is 4.18. The average Bonchev–Trinajstić information content (AvgIpc) is 3.39. The zero-order valence-corrected chi connectivity index (χ0v) is 17.6. The second-order valence-electron chi connectivity index (χ2n) is 8.12. The second-order valence-corrected chi connectivity index (χ2v) is 8.12. The number of carbonyl (C=O) groups is 4. The van der Waals surface area contributed by atoms with Gasteiger partial charge in [-0.2, -0.15) is 5.01 Å². The molecule has 2 aromatic rings. The topological polar surface area (TPSA) is 130 Å². The Balaban J connectivity index is 1.31. The Hall–Kier alpha value is -3.82. The van der Waals surface area contributed by atoms with E-state index in [1.165, 1.54) is 12.3 Å². The maximum absolute atomic E-state index is 12.8. The van der Waals surface area contributed by atoms with E-state index >= 15 is 0 Å². The number of hydrazine groups is 1. The normalized spacial score (nSPS) is 22.5. The zero-order valence-electron chi connectivity index (χ0n) is 17.6. The molecule has 5 amide bonds. The Morgan fingerprint density at radius 2 is 2.00 bits per heavy atom. The third kappa shape index (κ3) is 4.43. The minimum absolute atomic E-state index is 0.162. The summed E-state index contributed by atoms with van der Waals surface area (Å²) < 4.78 is 10.5. The van der Waals surface area contributed by atoms with Crippen LogP contribution >= 0.6 is 0 Å². The molecular formula is C22H24N4O6. The molecule has 1 saturated heterocycles. The molecule has 0 atom stereocenters. The van der Waals surface area contributed by atoms with Gasteiger partial charge in [0.05, 0.1) is 6.26 Å². The van der Waals surface area contributed by atoms with E-state index in [-0.39, 0.29) is 5.76 Å². The Labute approximate surface area is 184 Å². The molecule has 168 valence electrons. The fourth-order valence-electron chi connectivity index (χ4n) is 3.89. The minimum Gasteiger partial charge on any atom is -0.484 e. The van der Waals surface area contributed by atoms with E-state index in [0.717, 1.165) is 17.9 Å². The number of hydrogen-bond acceptors (Lipinski definition) is 6. The molecule has 1 saturated carbocycles. The van der Waals surface area contributed by atoms with Gasteiger partial charge in [-0.1, -0.05) is 13.0 Å². The molecule has 1 spiro atoms. The van der Waals surface area contributed by atoms with Gasteiger partial charge in [-0.25, -0.2) is 4.79 Å². The smallest absolute Gasteiger partial charge is 0.344 e. The molecule has 1 aliphatic heterocycles. The number of urea groups is 1. The summed E-state index contributed by atoms with van der Waals surface area (Å²) in [5.74, 6) is -0.525. The van der Waals surface area contributed by atoms with Gasteiger partial charge >= 0.3 is 6.03 Å². The number of amides is 5. The van der Waals surface area contributed by atoms with Crippen molar-refractivity contribution in [3.05, 3.63) is 48.4 Å². The highest BCUT2D eigenvalue weighted by Gasteiger charge is 2.52. The van der Waals surface area contributed by atoms with E-state index in [4.69, 9.17) is 9.15 Å². The molecule has 2 aliphatic rings. The summed E-state index contributed by atoms with van der Waals surface area (Å²) in [7, 11) is 0. The number of nitrogens with zero attached hydrogens (tertiary/aromatic N) is 1. The molecule has 1 aliphatic carbocycles. The fourth-order valence-corrected chi connectivity index (χ4v) is 3.89. The molecule has 3 N–H and O–H groups in total. The standard InChI is InChI=1S/C22H24N4O6/c1-14-7-9-22(10-8-14)20(29)26(21(30)24-22)25-18(27)13-32-16-5-2-4-15(12-16)23-19(28)17-6-3-11-31-17/h2-6,11-12,14H,7-10,13H2,1H3,(H,23,28)(H,24,30)(H,25,27). The lowest BCUT2D eigenvalue weighted by Gasteiger charge is -2.33. The summed E-state index contributed by atoms with van der Waals surface area (Å²) in [6, 6.07) is 8.97. The van der Waals surface area contributed by atoms with Gasteiger partial charge < -0.3 is 19.8 Å². The number of rotatable bonds is 6. The van der Waals surface area contributed by atoms with Gasteiger partial charge in [0.2, 0.25) is 0 Å². The van der Waals surface area contributed by atoms with Crippen molar-refractivity contribution in [2.24, 2.45) is 5.92 Å². The number of hydrogen-bond donors (Lipinski definition) is 3. The highest BCUT2D eigenvalue weighted by atomic mass is 16.5. The first kappa shape index (κ1) is 21.4. The van der Waals surface area contributed by atoms with Gasteiger partial charge in [-0.05, 0) is 55.9 Å². The van der Waals surface area contributed by atoms with Crippen molar-refractivity contribution in [2.45, 2.75) is 38.1 Å². The quantitative estimate of drug-likeness (QED) is 0.592. The van der Waals surface area contributed by atoms with Crippen molar-refractivity contribution in [1.29, 1.82) is 0 Å². The van der Waals surface area contributed by atoms with Crippen LogP contribution in [0, 0.1) is 5.92 Å². The van der Waals surface area contributed by atoms with Crippen LogP contribution in [0.25, 0.3) is 0 Å². The monoisotopic (exact) mass is 440 g/mol. The summed E-state index contributed by atoms with van der Waals surface area (Å²) in [4.78, 5) is 49.5. The first-order valence-electron chi connectivity index (χ1n) is 10.4. The first-order valence-corrected chi connectivity index (χ1v) is 10.4. The second kappa shape index (κ2) is 8.74. The van der Waals surface area contributed by atoms with Gasteiger partial charge in [0.1, 0.15) is 11.3 Å². The van der Waals surface area contributed by atoms with Gasteiger partial charge in [-0.3, -0.25) is 19.8 Å². The lowest BCUT2D eigenvalue weighted by molar-refractivity contribution is -0.140.